The summed E-state index contributed by atoms with van der Waals surface area (Å²) in [4.78, 5) is 15.5. The summed E-state index contributed by atoms with van der Waals surface area (Å²) in [7, 11) is 0. The average molecular weight is 279 g/mol. The monoisotopic (exact) mass is 278 g/mol. The maximum absolute atomic E-state index is 11.5. The summed E-state index contributed by atoms with van der Waals surface area (Å²) in [5, 5.41) is 4.98. The third kappa shape index (κ3) is 3.58. The molecule has 1 N–H and O–H groups in total. The Morgan fingerprint density at radius 3 is 2.95 bits per heavy atom. The van der Waals surface area contributed by atoms with Gasteiger partial charge in [-0.3, -0.25) is 4.79 Å². The maximum atomic E-state index is 11.5. The van der Waals surface area contributed by atoms with Crippen LogP contribution in [0.15, 0.2) is 30.5 Å². The van der Waals surface area contributed by atoms with Crippen LogP contribution in [0.2, 0.25) is 5.15 Å². The van der Waals surface area contributed by atoms with Crippen LogP contribution in [0.4, 0.5) is 0 Å². The van der Waals surface area contributed by atoms with Crippen molar-refractivity contribution in [1.29, 1.82) is 0 Å². The second kappa shape index (κ2) is 5.89. The number of halogens is 1. The molecule has 1 aromatic carbocycles. The molecule has 0 unspecified atom stereocenters. The van der Waals surface area contributed by atoms with Crippen molar-refractivity contribution in [3.05, 3.63) is 35.6 Å². The molecule has 0 saturated heterocycles. The maximum Gasteiger partial charge on any atom is 0.258 e. The van der Waals surface area contributed by atoms with E-state index in [0.29, 0.717) is 10.9 Å². The fourth-order valence-corrected chi connectivity index (χ4v) is 1.93. The van der Waals surface area contributed by atoms with Crippen LogP contribution in [-0.2, 0) is 4.79 Å². The molecular formula is C14H15ClN2O2. The average Bonchev–Trinajstić information content (AvgIpc) is 2.36. The number of amides is 1. The number of pyridine rings is 1. The van der Waals surface area contributed by atoms with E-state index in [9.17, 15) is 4.79 Å². The van der Waals surface area contributed by atoms with Crippen molar-refractivity contribution in [2.24, 2.45) is 0 Å². The summed E-state index contributed by atoms with van der Waals surface area (Å²) in [6, 6.07) is 7.45. The van der Waals surface area contributed by atoms with E-state index in [1.165, 1.54) is 0 Å². The zero-order valence-corrected chi connectivity index (χ0v) is 11.6. The molecule has 19 heavy (non-hydrogen) atoms. The molecule has 1 heterocycles. The number of aromatic nitrogens is 1. The van der Waals surface area contributed by atoms with Gasteiger partial charge in [-0.05, 0) is 37.4 Å². The molecule has 0 radical (unpaired) electrons. The number of carbonyl (C=O) groups excluding carboxylic acids is 1. The van der Waals surface area contributed by atoms with Crippen molar-refractivity contribution in [3.8, 4) is 5.75 Å². The lowest BCUT2D eigenvalue weighted by atomic mass is 10.2. The topological polar surface area (TPSA) is 51.2 Å². The molecule has 0 saturated carbocycles. The fraction of sp³-hybridized carbons (Fsp3) is 0.286. The standard InChI is InChI=1S/C14H15ClN2O2/c1-9(2)17-13(18)8-19-11-4-3-10-5-6-16-14(15)12(10)7-11/h3-7,9H,8H2,1-2H3,(H,17,18). The predicted octanol–water partition coefficient (Wildman–Crippen LogP) is 2.79. The highest BCUT2D eigenvalue weighted by Crippen LogP contribution is 2.25. The minimum atomic E-state index is -0.146. The predicted molar refractivity (Wildman–Crippen MR) is 75.5 cm³/mol. The molecule has 0 bridgehead atoms. The van der Waals surface area contributed by atoms with Gasteiger partial charge in [-0.15, -0.1) is 0 Å². The zero-order valence-electron chi connectivity index (χ0n) is 10.8. The Labute approximate surface area is 116 Å². The molecular weight excluding hydrogens is 264 g/mol. The van der Waals surface area contributed by atoms with Crippen LogP contribution >= 0.6 is 11.6 Å². The van der Waals surface area contributed by atoms with Gasteiger partial charge in [0.1, 0.15) is 10.9 Å². The van der Waals surface area contributed by atoms with Gasteiger partial charge < -0.3 is 10.1 Å². The highest BCUT2D eigenvalue weighted by atomic mass is 35.5. The molecule has 2 aromatic rings. The Morgan fingerprint density at radius 1 is 1.42 bits per heavy atom. The fourth-order valence-electron chi connectivity index (χ4n) is 1.71. The molecule has 4 nitrogen and oxygen atoms in total. The molecule has 0 aliphatic heterocycles. The molecule has 1 amide bonds. The minimum absolute atomic E-state index is 0.0123. The van der Waals surface area contributed by atoms with Crippen LogP contribution < -0.4 is 10.1 Å². The Hall–Kier alpha value is -1.81. The van der Waals surface area contributed by atoms with E-state index >= 15 is 0 Å². The molecule has 2 rings (SSSR count). The largest absolute Gasteiger partial charge is 0.484 e. The third-order valence-electron chi connectivity index (χ3n) is 2.51. The number of fused-ring (bicyclic) bond motifs is 1. The second-order valence-corrected chi connectivity index (χ2v) is 4.85. The van der Waals surface area contributed by atoms with Gasteiger partial charge in [0.05, 0.1) is 0 Å². The number of nitrogens with one attached hydrogen (secondary N) is 1. The number of carbonyl (C=O) groups is 1. The SMILES string of the molecule is CC(C)NC(=O)COc1ccc2ccnc(Cl)c2c1. The summed E-state index contributed by atoms with van der Waals surface area (Å²) in [6.45, 7) is 3.79. The van der Waals surface area contributed by atoms with Crippen LogP contribution in [-0.4, -0.2) is 23.5 Å². The molecule has 0 spiro atoms. The quantitative estimate of drug-likeness (QED) is 0.875. The van der Waals surface area contributed by atoms with Crippen molar-refractivity contribution < 1.29 is 9.53 Å². The van der Waals surface area contributed by atoms with E-state index in [0.717, 1.165) is 10.8 Å². The molecule has 0 atom stereocenters. The first-order chi connectivity index (χ1) is 9.06. The van der Waals surface area contributed by atoms with E-state index in [1.807, 2.05) is 26.0 Å². The van der Waals surface area contributed by atoms with Gasteiger partial charge in [0, 0.05) is 17.6 Å². The van der Waals surface area contributed by atoms with E-state index in [-0.39, 0.29) is 18.6 Å². The Balaban J connectivity index is 2.09. The number of benzene rings is 1. The van der Waals surface area contributed by atoms with Crippen LogP contribution in [0, 0.1) is 0 Å². The number of rotatable bonds is 4. The van der Waals surface area contributed by atoms with Crippen molar-refractivity contribution >= 4 is 28.3 Å². The number of hydrogen-bond acceptors (Lipinski definition) is 3. The van der Waals surface area contributed by atoms with Crippen LogP contribution in [0.25, 0.3) is 10.8 Å². The molecule has 1 aromatic heterocycles. The van der Waals surface area contributed by atoms with Gasteiger partial charge in [0.2, 0.25) is 0 Å². The lowest BCUT2D eigenvalue weighted by Crippen LogP contribution is -2.34. The highest BCUT2D eigenvalue weighted by Gasteiger charge is 2.06. The number of hydrogen-bond donors (Lipinski definition) is 1. The van der Waals surface area contributed by atoms with E-state index < -0.39 is 0 Å². The van der Waals surface area contributed by atoms with Crippen LogP contribution in [0.1, 0.15) is 13.8 Å². The van der Waals surface area contributed by atoms with Crippen molar-refractivity contribution in [3.63, 3.8) is 0 Å². The van der Waals surface area contributed by atoms with Gasteiger partial charge in [-0.2, -0.15) is 0 Å². The first-order valence-electron chi connectivity index (χ1n) is 6.02. The van der Waals surface area contributed by atoms with Gasteiger partial charge in [0.15, 0.2) is 6.61 Å². The van der Waals surface area contributed by atoms with Gasteiger partial charge in [-0.1, -0.05) is 17.7 Å². The summed E-state index contributed by atoms with van der Waals surface area (Å²) in [5.41, 5.74) is 0. The van der Waals surface area contributed by atoms with Crippen molar-refractivity contribution in [1.82, 2.24) is 10.3 Å². The van der Waals surface area contributed by atoms with E-state index in [1.54, 1.807) is 18.3 Å². The Bertz CT molecular complexity index is 599. The van der Waals surface area contributed by atoms with Crippen molar-refractivity contribution in [2.45, 2.75) is 19.9 Å². The molecule has 0 aliphatic carbocycles. The Morgan fingerprint density at radius 2 is 2.21 bits per heavy atom. The minimum Gasteiger partial charge on any atom is -0.484 e. The molecule has 5 heteroatoms. The van der Waals surface area contributed by atoms with Crippen LogP contribution in [0.3, 0.4) is 0 Å². The van der Waals surface area contributed by atoms with Gasteiger partial charge in [-0.25, -0.2) is 4.98 Å². The summed E-state index contributed by atoms with van der Waals surface area (Å²) in [5.74, 6) is 0.452. The van der Waals surface area contributed by atoms with E-state index in [4.69, 9.17) is 16.3 Å². The smallest absolute Gasteiger partial charge is 0.258 e. The van der Waals surface area contributed by atoms with Gasteiger partial charge >= 0.3 is 0 Å². The van der Waals surface area contributed by atoms with Gasteiger partial charge in [0.25, 0.3) is 5.91 Å². The second-order valence-electron chi connectivity index (χ2n) is 4.50. The molecule has 0 aliphatic rings. The first-order valence-corrected chi connectivity index (χ1v) is 6.40. The lowest BCUT2D eigenvalue weighted by molar-refractivity contribution is -0.123. The number of nitrogens with zero attached hydrogens (tertiary/aromatic N) is 1. The third-order valence-corrected chi connectivity index (χ3v) is 2.81. The zero-order chi connectivity index (χ0) is 13.8. The van der Waals surface area contributed by atoms with Crippen LogP contribution in [0.5, 0.6) is 5.75 Å². The lowest BCUT2D eigenvalue weighted by Gasteiger charge is -2.10. The number of ether oxygens (including phenoxy) is 1. The summed E-state index contributed by atoms with van der Waals surface area (Å²) in [6.07, 6.45) is 1.65. The first kappa shape index (κ1) is 13.6. The Kier molecular flexibility index (Phi) is 4.22. The van der Waals surface area contributed by atoms with Crippen molar-refractivity contribution in [2.75, 3.05) is 6.61 Å². The molecule has 100 valence electrons. The molecule has 0 fully saturated rings. The highest BCUT2D eigenvalue weighted by molar-refractivity contribution is 6.34. The summed E-state index contributed by atoms with van der Waals surface area (Å²) < 4.78 is 5.43. The normalized spacial score (nSPS) is 10.7. The van der Waals surface area contributed by atoms with E-state index in [2.05, 4.69) is 10.3 Å². The summed E-state index contributed by atoms with van der Waals surface area (Å²) >= 11 is 6.01.